The number of carbonyl (C=O) groups is 2. The van der Waals surface area contributed by atoms with E-state index >= 15 is 0 Å². The molecule has 4 rings (SSSR count). The van der Waals surface area contributed by atoms with E-state index in [1.165, 1.54) is 40.5 Å². The molecule has 0 saturated heterocycles. The third-order valence-corrected chi connectivity index (χ3v) is 7.97. The Hall–Kier alpha value is -3.76. The van der Waals surface area contributed by atoms with Gasteiger partial charge in [-0.05, 0) is 43.2 Å². The number of hydrogen-bond acceptors (Lipinski definition) is 9. The monoisotopic (exact) mass is 539 g/mol. The molecule has 1 atom stereocenters. The molecule has 11 nitrogen and oxygen atoms in total. The third kappa shape index (κ3) is 6.15. The van der Waals surface area contributed by atoms with Crippen LogP contribution in [0.5, 0.6) is 0 Å². The molecular formula is C24H25N7O4S2. The van der Waals surface area contributed by atoms with Gasteiger partial charge in [-0.1, -0.05) is 31.7 Å². The highest BCUT2D eigenvalue weighted by molar-refractivity contribution is 7.99. The standard InChI is InChI=1S/C24H25N7O4S2/c1-13(2)20(27-22(33)14-6-5-7-15(10-14)31(34)35)21-28-24(30-29-21)36-12-19(32)26-23-17(11-25)16-8-3-4-9-18(16)37-23/h5-7,10,13,20H,3-4,8-9,12H2,1-2H3,(H,26,32)(H,27,33)(H,28,29,30)/t20-/m0/s1. The molecule has 0 aliphatic heterocycles. The molecule has 3 aromatic rings. The second-order valence-corrected chi connectivity index (χ2v) is 10.9. The minimum atomic E-state index is -0.555. The minimum Gasteiger partial charge on any atom is -0.342 e. The zero-order valence-electron chi connectivity index (χ0n) is 20.2. The SMILES string of the molecule is CC(C)[C@H](NC(=O)c1cccc([N+](=O)[O-])c1)c1nc(SCC(=O)Nc2sc3c(c2C#N)CCCC3)n[nH]1. The van der Waals surface area contributed by atoms with Crippen molar-refractivity contribution in [3.05, 3.63) is 61.8 Å². The van der Waals surface area contributed by atoms with E-state index in [1.807, 2.05) is 13.8 Å². The summed E-state index contributed by atoms with van der Waals surface area (Å²) in [6, 6.07) is 7.20. The number of fused-ring (bicyclic) bond motifs is 1. The summed E-state index contributed by atoms with van der Waals surface area (Å²) in [7, 11) is 0. The van der Waals surface area contributed by atoms with E-state index in [1.54, 1.807) is 0 Å². The summed E-state index contributed by atoms with van der Waals surface area (Å²) in [5, 5.41) is 34.2. The van der Waals surface area contributed by atoms with Crippen LogP contribution >= 0.6 is 23.1 Å². The molecule has 0 saturated carbocycles. The lowest BCUT2D eigenvalue weighted by Crippen LogP contribution is -2.32. The van der Waals surface area contributed by atoms with Gasteiger partial charge in [0.2, 0.25) is 11.1 Å². The van der Waals surface area contributed by atoms with Crippen LogP contribution in [0.25, 0.3) is 0 Å². The van der Waals surface area contributed by atoms with E-state index in [2.05, 4.69) is 31.9 Å². The number of thioether (sulfide) groups is 1. The van der Waals surface area contributed by atoms with Crippen molar-refractivity contribution in [3.8, 4) is 6.07 Å². The molecule has 0 unspecified atom stereocenters. The van der Waals surface area contributed by atoms with E-state index in [-0.39, 0.29) is 28.8 Å². The number of anilines is 1. The normalized spacial score (nSPS) is 13.5. The fourth-order valence-electron chi connectivity index (χ4n) is 4.06. The Kier molecular flexibility index (Phi) is 8.20. The fraction of sp³-hybridized carbons (Fsp3) is 0.375. The number of nitrogens with one attached hydrogen (secondary N) is 3. The van der Waals surface area contributed by atoms with Crippen molar-refractivity contribution in [1.29, 1.82) is 5.26 Å². The van der Waals surface area contributed by atoms with Gasteiger partial charge in [-0.3, -0.25) is 24.8 Å². The van der Waals surface area contributed by atoms with Crippen molar-refractivity contribution >= 4 is 45.6 Å². The Bertz CT molecular complexity index is 1380. The molecule has 13 heteroatoms. The summed E-state index contributed by atoms with van der Waals surface area (Å²) in [5.41, 5.74) is 1.62. The van der Waals surface area contributed by atoms with Crippen LogP contribution in [-0.2, 0) is 17.6 Å². The number of non-ortho nitro benzene ring substituents is 1. The Morgan fingerprint density at radius 3 is 2.84 bits per heavy atom. The first kappa shape index (κ1) is 26.3. The van der Waals surface area contributed by atoms with Crippen molar-refractivity contribution < 1.29 is 14.5 Å². The van der Waals surface area contributed by atoms with Crippen LogP contribution in [0.1, 0.15) is 64.9 Å². The first-order valence-corrected chi connectivity index (χ1v) is 13.5. The predicted octanol–water partition coefficient (Wildman–Crippen LogP) is 4.38. The van der Waals surface area contributed by atoms with Gasteiger partial charge in [-0.25, -0.2) is 4.98 Å². The lowest BCUT2D eigenvalue weighted by atomic mass is 9.96. The Balaban J connectivity index is 1.38. The van der Waals surface area contributed by atoms with Crippen molar-refractivity contribution in [2.75, 3.05) is 11.1 Å². The van der Waals surface area contributed by atoms with Gasteiger partial charge < -0.3 is 10.6 Å². The smallest absolute Gasteiger partial charge is 0.270 e. The highest BCUT2D eigenvalue weighted by Gasteiger charge is 2.25. The number of aromatic nitrogens is 3. The summed E-state index contributed by atoms with van der Waals surface area (Å²) in [6.45, 7) is 3.79. The fourth-order valence-corrected chi connectivity index (χ4v) is 5.92. The summed E-state index contributed by atoms with van der Waals surface area (Å²) >= 11 is 2.61. The summed E-state index contributed by atoms with van der Waals surface area (Å²) in [4.78, 5) is 41.4. The second-order valence-electron chi connectivity index (χ2n) is 8.87. The quantitative estimate of drug-likeness (QED) is 0.204. The molecule has 1 aromatic carbocycles. The topological polar surface area (TPSA) is 167 Å². The number of aromatic amines is 1. The van der Waals surface area contributed by atoms with E-state index in [9.17, 15) is 25.0 Å². The summed E-state index contributed by atoms with van der Waals surface area (Å²) in [5.74, 6) is -0.331. The lowest BCUT2D eigenvalue weighted by Gasteiger charge is -2.19. The molecule has 1 aliphatic carbocycles. The molecule has 0 bridgehead atoms. The minimum absolute atomic E-state index is 0.0527. The Labute approximate surface area is 221 Å². The number of rotatable bonds is 9. The van der Waals surface area contributed by atoms with Crippen LogP contribution in [0, 0.1) is 27.4 Å². The number of amides is 2. The molecular weight excluding hydrogens is 514 g/mol. The van der Waals surface area contributed by atoms with Gasteiger partial charge in [0.15, 0.2) is 0 Å². The van der Waals surface area contributed by atoms with Gasteiger partial charge in [-0.2, -0.15) is 5.26 Å². The van der Waals surface area contributed by atoms with Gasteiger partial charge >= 0.3 is 0 Å². The second kappa shape index (κ2) is 11.5. The van der Waals surface area contributed by atoms with Crippen molar-refractivity contribution in [2.24, 2.45) is 5.92 Å². The number of nitriles is 1. The summed E-state index contributed by atoms with van der Waals surface area (Å²) < 4.78 is 0. The van der Waals surface area contributed by atoms with E-state index in [0.717, 1.165) is 43.0 Å². The molecule has 192 valence electrons. The van der Waals surface area contributed by atoms with Gasteiger partial charge in [0, 0.05) is 22.6 Å². The number of nitrogens with zero attached hydrogens (tertiary/aromatic N) is 4. The van der Waals surface area contributed by atoms with E-state index < -0.39 is 16.9 Å². The zero-order valence-corrected chi connectivity index (χ0v) is 21.9. The maximum Gasteiger partial charge on any atom is 0.270 e. The molecule has 1 aliphatic rings. The average molecular weight is 540 g/mol. The average Bonchev–Trinajstić information content (AvgIpc) is 3.49. The highest BCUT2D eigenvalue weighted by Crippen LogP contribution is 2.37. The molecule has 0 fully saturated rings. The van der Waals surface area contributed by atoms with Crippen LogP contribution in [-0.4, -0.2) is 37.7 Å². The number of thiophene rings is 1. The van der Waals surface area contributed by atoms with Crippen LogP contribution in [0.4, 0.5) is 10.7 Å². The Morgan fingerprint density at radius 1 is 1.32 bits per heavy atom. The number of benzene rings is 1. The van der Waals surface area contributed by atoms with Crippen LogP contribution in [0.3, 0.4) is 0 Å². The summed E-state index contributed by atoms with van der Waals surface area (Å²) in [6.07, 6.45) is 3.96. The highest BCUT2D eigenvalue weighted by atomic mass is 32.2. The number of hydrogen-bond donors (Lipinski definition) is 3. The van der Waals surface area contributed by atoms with Gasteiger partial charge in [0.25, 0.3) is 11.6 Å². The maximum absolute atomic E-state index is 12.8. The molecule has 37 heavy (non-hydrogen) atoms. The first-order valence-electron chi connectivity index (χ1n) is 11.7. The van der Waals surface area contributed by atoms with Crippen molar-refractivity contribution in [3.63, 3.8) is 0 Å². The number of aryl methyl sites for hydroxylation is 1. The first-order chi connectivity index (χ1) is 17.8. The van der Waals surface area contributed by atoms with Gasteiger partial charge in [0.1, 0.15) is 16.9 Å². The lowest BCUT2D eigenvalue weighted by molar-refractivity contribution is -0.384. The molecule has 3 N–H and O–H groups in total. The van der Waals surface area contributed by atoms with Crippen LogP contribution < -0.4 is 10.6 Å². The largest absolute Gasteiger partial charge is 0.342 e. The van der Waals surface area contributed by atoms with Crippen LogP contribution in [0.15, 0.2) is 29.4 Å². The molecule has 0 spiro atoms. The third-order valence-electron chi connectivity index (χ3n) is 5.92. The number of nitro benzene ring substituents is 1. The molecule has 0 radical (unpaired) electrons. The van der Waals surface area contributed by atoms with Crippen LogP contribution in [0.2, 0.25) is 0 Å². The van der Waals surface area contributed by atoms with Gasteiger partial charge in [0.05, 0.1) is 22.3 Å². The number of nitro groups is 1. The van der Waals surface area contributed by atoms with E-state index in [4.69, 9.17) is 0 Å². The van der Waals surface area contributed by atoms with Crippen molar-refractivity contribution in [2.45, 2.75) is 50.7 Å². The zero-order chi connectivity index (χ0) is 26.5. The van der Waals surface area contributed by atoms with E-state index in [0.29, 0.717) is 21.5 Å². The predicted molar refractivity (Wildman–Crippen MR) is 140 cm³/mol. The number of H-pyrrole nitrogens is 1. The Morgan fingerprint density at radius 2 is 2.11 bits per heavy atom. The maximum atomic E-state index is 12.8. The molecule has 2 heterocycles. The molecule has 2 aromatic heterocycles. The van der Waals surface area contributed by atoms with Crippen molar-refractivity contribution in [1.82, 2.24) is 20.5 Å². The number of carbonyl (C=O) groups excluding carboxylic acids is 2. The van der Waals surface area contributed by atoms with Gasteiger partial charge in [-0.15, -0.1) is 16.4 Å². The molecule has 2 amide bonds.